The first-order valence-corrected chi connectivity index (χ1v) is 5.86. The van der Waals surface area contributed by atoms with Gasteiger partial charge in [0.2, 0.25) is 0 Å². The number of rotatable bonds is 7. The van der Waals surface area contributed by atoms with Gasteiger partial charge in [-0.3, -0.25) is 0 Å². The average molecular weight is 222 g/mol. The summed E-state index contributed by atoms with van der Waals surface area (Å²) in [6.07, 6.45) is 1.05. The minimum Gasteiger partial charge on any atom is -0.494 e. The van der Waals surface area contributed by atoms with Gasteiger partial charge in [0.1, 0.15) is 5.75 Å². The molecule has 1 aromatic rings. The zero-order chi connectivity index (χ0) is 11.8. The summed E-state index contributed by atoms with van der Waals surface area (Å²) in [7, 11) is 2.12. The highest BCUT2D eigenvalue weighted by molar-refractivity contribution is 5.27. The van der Waals surface area contributed by atoms with Gasteiger partial charge in [0.25, 0.3) is 0 Å². The number of hydrogen-bond donors (Lipinski definition) is 1. The fourth-order valence-electron chi connectivity index (χ4n) is 1.61. The molecule has 3 nitrogen and oxygen atoms in total. The van der Waals surface area contributed by atoms with Crippen LogP contribution in [0.25, 0.3) is 0 Å². The molecule has 90 valence electrons. The Kier molecular flexibility index (Phi) is 5.90. The number of hydrogen-bond acceptors (Lipinski definition) is 3. The summed E-state index contributed by atoms with van der Waals surface area (Å²) in [5, 5.41) is 0. The van der Waals surface area contributed by atoms with Crippen molar-refractivity contribution in [3.05, 3.63) is 29.8 Å². The van der Waals surface area contributed by atoms with Crippen LogP contribution >= 0.6 is 0 Å². The fraction of sp³-hybridized carbons (Fsp3) is 0.538. The van der Waals surface area contributed by atoms with Crippen LogP contribution in [0.1, 0.15) is 18.9 Å². The van der Waals surface area contributed by atoms with Crippen molar-refractivity contribution in [2.75, 3.05) is 26.7 Å². The molecule has 0 aliphatic heterocycles. The topological polar surface area (TPSA) is 38.5 Å². The minimum absolute atomic E-state index is 0.718. The van der Waals surface area contributed by atoms with Crippen LogP contribution in [0.5, 0.6) is 5.75 Å². The Morgan fingerprint density at radius 2 is 1.94 bits per heavy atom. The highest BCUT2D eigenvalue weighted by Crippen LogP contribution is 2.13. The van der Waals surface area contributed by atoms with Gasteiger partial charge in [-0.15, -0.1) is 0 Å². The normalized spacial score (nSPS) is 10.8. The van der Waals surface area contributed by atoms with E-state index in [9.17, 15) is 0 Å². The Labute approximate surface area is 98.2 Å². The molecule has 0 amide bonds. The molecule has 0 aromatic heterocycles. The third kappa shape index (κ3) is 4.64. The highest BCUT2D eigenvalue weighted by atomic mass is 16.5. The SMILES string of the molecule is CCOc1ccc(CN(C)CCCN)cc1. The molecular formula is C13H22N2O. The monoisotopic (exact) mass is 222 g/mol. The molecular weight excluding hydrogens is 200 g/mol. The smallest absolute Gasteiger partial charge is 0.119 e. The lowest BCUT2D eigenvalue weighted by atomic mass is 10.2. The lowest BCUT2D eigenvalue weighted by molar-refractivity contribution is 0.322. The van der Waals surface area contributed by atoms with Crippen LogP contribution in [0.4, 0.5) is 0 Å². The molecule has 0 radical (unpaired) electrons. The van der Waals surface area contributed by atoms with E-state index in [0.717, 1.165) is 38.4 Å². The Balaban J connectivity index is 2.41. The maximum Gasteiger partial charge on any atom is 0.119 e. The Morgan fingerprint density at radius 3 is 2.50 bits per heavy atom. The molecule has 0 unspecified atom stereocenters. The second kappa shape index (κ2) is 7.25. The summed E-state index contributed by atoms with van der Waals surface area (Å²) < 4.78 is 5.40. The number of ether oxygens (including phenoxy) is 1. The van der Waals surface area contributed by atoms with Crippen molar-refractivity contribution in [1.82, 2.24) is 4.90 Å². The predicted octanol–water partition coefficient (Wildman–Crippen LogP) is 1.87. The Hall–Kier alpha value is -1.06. The number of nitrogens with zero attached hydrogens (tertiary/aromatic N) is 1. The van der Waals surface area contributed by atoms with E-state index >= 15 is 0 Å². The van der Waals surface area contributed by atoms with Gasteiger partial charge in [-0.2, -0.15) is 0 Å². The summed E-state index contributed by atoms with van der Waals surface area (Å²) in [6, 6.07) is 8.28. The van der Waals surface area contributed by atoms with Crippen LogP contribution < -0.4 is 10.5 Å². The van der Waals surface area contributed by atoms with Gasteiger partial charge in [0, 0.05) is 6.54 Å². The largest absolute Gasteiger partial charge is 0.494 e. The predicted molar refractivity (Wildman–Crippen MR) is 67.6 cm³/mol. The Morgan fingerprint density at radius 1 is 1.25 bits per heavy atom. The highest BCUT2D eigenvalue weighted by Gasteiger charge is 2.00. The van der Waals surface area contributed by atoms with Crippen LogP contribution in [0.15, 0.2) is 24.3 Å². The zero-order valence-electron chi connectivity index (χ0n) is 10.3. The van der Waals surface area contributed by atoms with Gasteiger partial charge in [-0.1, -0.05) is 12.1 Å². The molecule has 3 heteroatoms. The first kappa shape index (κ1) is 13.0. The first-order valence-electron chi connectivity index (χ1n) is 5.86. The van der Waals surface area contributed by atoms with Gasteiger partial charge < -0.3 is 15.4 Å². The van der Waals surface area contributed by atoms with Gasteiger partial charge >= 0.3 is 0 Å². The molecule has 0 fully saturated rings. The van der Waals surface area contributed by atoms with E-state index in [1.54, 1.807) is 0 Å². The van der Waals surface area contributed by atoms with Crippen LogP contribution in [0.3, 0.4) is 0 Å². The standard InChI is InChI=1S/C13H22N2O/c1-3-16-13-7-5-12(6-8-13)11-15(2)10-4-9-14/h5-8H,3-4,9-11,14H2,1-2H3. The molecule has 0 heterocycles. The molecule has 0 spiro atoms. The van der Waals surface area contributed by atoms with E-state index in [1.807, 2.05) is 19.1 Å². The summed E-state index contributed by atoms with van der Waals surface area (Å²) in [4.78, 5) is 2.28. The van der Waals surface area contributed by atoms with E-state index in [1.165, 1.54) is 5.56 Å². The quantitative estimate of drug-likeness (QED) is 0.765. The molecule has 0 atom stereocenters. The molecule has 0 saturated heterocycles. The van der Waals surface area contributed by atoms with Gasteiger partial charge in [0.15, 0.2) is 0 Å². The Bertz CT molecular complexity index is 284. The summed E-state index contributed by atoms with van der Waals surface area (Å²) in [6.45, 7) is 5.48. The summed E-state index contributed by atoms with van der Waals surface area (Å²) in [5.74, 6) is 0.941. The average Bonchev–Trinajstić information content (AvgIpc) is 2.29. The molecule has 0 bridgehead atoms. The van der Waals surface area contributed by atoms with Gasteiger partial charge in [-0.25, -0.2) is 0 Å². The van der Waals surface area contributed by atoms with Crippen molar-refractivity contribution < 1.29 is 4.74 Å². The molecule has 2 N–H and O–H groups in total. The lowest BCUT2D eigenvalue weighted by Gasteiger charge is -2.16. The maximum absolute atomic E-state index is 5.48. The summed E-state index contributed by atoms with van der Waals surface area (Å²) >= 11 is 0. The van der Waals surface area contributed by atoms with E-state index in [0.29, 0.717) is 0 Å². The maximum atomic E-state index is 5.48. The van der Waals surface area contributed by atoms with Crippen LogP contribution in [0.2, 0.25) is 0 Å². The van der Waals surface area contributed by atoms with Crippen molar-refractivity contribution >= 4 is 0 Å². The fourth-order valence-corrected chi connectivity index (χ4v) is 1.61. The molecule has 1 rings (SSSR count). The molecule has 16 heavy (non-hydrogen) atoms. The first-order chi connectivity index (χ1) is 7.76. The van der Waals surface area contributed by atoms with Crippen molar-refractivity contribution in [2.45, 2.75) is 19.9 Å². The number of nitrogens with two attached hydrogens (primary N) is 1. The molecule has 0 aliphatic carbocycles. The van der Waals surface area contributed by atoms with E-state index < -0.39 is 0 Å². The van der Waals surface area contributed by atoms with E-state index in [4.69, 9.17) is 10.5 Å². The van der Waals surface area contributed by atoms with Crippen molar-refractivity contribution in [3.63, 3.8) is 0 Å². The van der Waals surface area contributed by atoms with Gasteiger partial charge in [0.05, 0.1) is 6.61 Å². The third-order valence-electron chi connectivity index (χ3n) is 2.43. The van der Waals surface area contributed by atoms with Crippen LogP contribution in [-0.2, 0) is 6.54 Å². The zero-order valence-corrected chi connectivity index (χ0v) is 10.3. The van der Waals surface area contributed by atoms with Crippen molar-refractivity contribution in [1.29, 1.82) is 0 Å². The second-order valence-electron chi connectivity index (χ2n) is 3.96. The minimum atomic E-state index is 0.718. The molecule has 1 aromatic carbocycles. The van der Waals surface area contributed by atoms with E-state index in [-0.39, 0.29) is 0 Å². The second-order valence-corrected chi connectivity index (χ2v) is 3.96. The number of benzene rings is 1. The third-order valence-corrected chi connectivity index (χ3v) is 2.43. The van der Waals surface area contributed by atoms with E-state index in [2.05, 4.69) is 24.1 Å². The molecule has 0 saturated carbocycles. The van der Waals surface area contributed by atoms with Crippen molar-refractivity contribution in [2.24, 2.45) is 5.73 Å². The summed E-state index contributed by atoms with van der Waals surface area (Å²) in [5.41, 5.74) is 6.79. The van der Waals surface area contributed by atoms with Crippen LogP contribution in [-0.4, -0.2) is 31.6 Å². The van der Waals surface area contributed by atoms with Crippen molar-refractivity contribution in [3.8, 4) is 5.75 Å². The van der Waals surface area contributed by atoms with Gasteiger partial charge in [-0.05, 0) is 51.2 Å². The van der Waals surface area contributed by atoms with Crippen LogP contribution in [0, 0.1) is 0 Å². The molecule has 0 aliphatic rings. The lowest BCUT2D eigenvalue weighted by Crippen LogP contribution is -2.21.